The van der Waals surface area contributed by atoms with E-state index in [-0.39, 0.29) is 37.4 Å². The maximum Gasteiger partial charge on any atom is 0.243 e. The maximum absolute atomic E-state index is 14.0. The second-order valence-electron chi connectivity index (χ2n) is 11.5. The van der Waals surface area contributed by atoms with E-state index in [9.17, 15) is 18.0 Å². The lowest BCUT2D eigenvalue weighted by Gasteiger charge is -2.34. The van der Waals surface area contributed by atoms with E-state index in [0.29, 0.717) is 23.6 Å². The van der Waals surface area contributed by atoms with Crippen LogP contribution in [0.25, 0.3) is 0 Å². The molecule has 230 valence electrons. The number of nitrogens with zero attached hydrogens (tertiary/aromatic N) is 2. The molecule has 0 saturated heterocycles. The van der Waals surface area contributed by atoms with E-state index in [1.165, 1.54) is 17.0 Å². The van der Waals surface area contributed by atoms with Crippen molar-refractivity contribution in [1.29, 1.82) is 0 Å². The fraction of sp³-hybridized carbons (Fsp3) is 0.412. The zero-order valence-electron chi connectivity index (χ0n) is 25.0. The Morgan fingerprint density at radius 1 is 0.930 bits per heavy atom. The fourth-order valence-electron chi connectivity index (χ4n) is 5.72. The third-order valence-corrected chi connectivity index (χ3v) is 9.34. The molecule has 9 heteroatoms. The molecule has 0 unspecified atom stereocenters. The molecule has 0 heterocycles. The molecule has 1 aliphatic carbocycles. The Bertz CT molecular complexity index is 1480. The number of amides is 2. The van der Waals surface area contributed by atoms with Crippen LogP contribution in [0.15, 0.2) is 78.9 Å². The van der Waals surface area contributed by atoms with Crippen molar-refractivity contribution in [2.45, 2.75) is 76.9 Å². The molecule has 2 amide bonds. The van der Waals surface area contributed by atoms with E-state index in [0.717, 1.165) is 42.4 Å². The standard InChI is InChI=1S/C34H42ClN3O4S/c1-26-12-9-19-31(22-26)38(43(2,41)42)21-11-20-33(39)37(25-28-15-10-16-29(35)23-28)32(24-27-13-5-3-6-14-27)34(40)36-30-17-7-4-8-18-30/h3,5-6,9-10,12-16,19,22-23,30,32H,4,7-8,11,17-18,20-21,24-25H2,1-2H3,(H,36,40)/t32-/m1/s1. The van der Waals surface area contributed by atoms with Gasteiger partial charge in [-0.1, -0.05) is 85.5 Å². The van der Waals surface area contributed by atoms with Crippen LogP contribution in [-0.4, -0.2) is 50.0 Å². The van der Waals surface area contributed by atoms with Crippen LogP contribution in [0.5, 0.6) is 0 Å². The Labute approximate surface area is 261 Å². The quantitative estimate of drug-likeness (QED) is 0.243. The molecule has 0 aliphatic heterocycles. The molecular weight excluding hydrogens is 582 g/mol. The van der Waals surface area contributed by atoms with Gasteiger partial charge >= 0.3 is 0 Å². The smallest absolute Gasteiger partial charge is 0.243 e. The van der Waals surface area contributed by atoms with Crippen LogP contribution < -0.4 is 9.62 Å². The van der Waals surface area contributed by atoms with Crippen molar-refractivity contribution >= 4 is 39.1 Å². The SMILES string of the molecule is Cc1cccc(N(CCCC(=O)N(Cc2cccc(Cl)c2)[C@H](Cc2ccccc2)C(=O)NC2CCCCC2)S(C)(=O)=O)c1. The number of hydrogen-bond acceptors (Lipinski definition) is 4. The Morgan fingerprint density at radius 3 is 2.30 bits per heavy atom. The summed E-state index contributed by atoms with van der Waals surface area (Å²) in [5.74, 6) is -0.374. The normalized spacial score (nSPS) is 14.6. The number of nitrogens with one attached hydrogen (secondary N) is 1. The first-order chi connectivity index (χ1) is 20.6. The number of anilines is 1. The van der Waals surface area contributed by atoms with Gasteiger partial charge < -0.3 is 10.2 Å². The highest BCUT2D eigenvalue weighted by atomic mass is 35.5. The highest BCUT2D eigenvalue weighted by molar-refractivity contribution is 7.92. The van der Waals surface area contributed by atoms with Crippen molar-refractivity contribution in [1.82, 2.24) is 10.2 Å². The molecule has 3 aromatic rings. The Kier molecular flexibility index (Phi) is 11.7. The number of halogens is 1. The van der Waals surface area contributed by atoms with Crippen molar-refractivity contribution in [2.75, 3.05) is 17.1 Å². The van der Waals surface area contributed by atoms with Crippen LogP contribution in [0.1, 0.15) is 61.6 Å². The monoisotopic (exact) mass is 623 g/mol. The molecule has 1 N–H and O–H groups in total. The van der Waals surface area contributed by atoms with E-state index in [1.54, 1.807) is 17.0 Å². The molecule has 7 nitrogen and oxygen atoms in total. The van der Waals surface area contributed by atoms with Crippen LogP contribution >= 0.6 is 11.6 Å². The van der Waals surface area contributed by atoms with Gasteiger partial charge in [-0.05, 0) is 67.1 Å². The molecule has 1 aliphatic rings. The van der Waals surface area contributed by atoms with Gasteiger partial charge in [0.2, 0.25) is 21.8 Å². The fourth-order valence-corrected chi connectivity index (χ4v) is 6.89. The number of rotatable bonds is 13. The average molecular weight is 624 g/mol. The van der Waals surface area contributed by atoms with Gasteiger partial charge in [0.25, 0.3) is 0 Å². The molecular formula is C34H42ClN3O4S. The van der Waals surface area contributed by atoms with E-state index >= 15 is 0 Å². The van der Waals surface area contributed by atoms with Gasteiger partial charge in [0.15, 0.2) is 0 Å². The van der Waals surface area contributed by atoms with Crippen molar-refractivity contribution in [3.63, 3.8) is 0 Å². The summed E-state index contributed by atoms with van der Waals surface area (Å²) in [5, 5.41) is 3.80. The zero-order chi connectivity index (χ0) is 30.8. The van der Waals surface area contributed by atoms with Crippen molar-refractivity contribution in [3.8, 4) is 0 Å². The van der Waals surface area contributed by atoms with E-state index < -0.39 is 16.1 Å². The van der Waals surface area contributed by atoms with Gasteiger partial charge in [-0.25, -0.2) is 8.42 Å². The Morgan fingerprint density at radius 2 is 1.63 bits per heavy atom. The van der Waals surface area contributed by atoms with Crippen LogP contribution in [0.4, 0.5) is 5.69 Å². The molecule has 1 saturated carbocycles. The van der Waals surface area contributed by atoms with E-state index in [1.807, 2.05) is 73.7 Å². The average Bonchev–Trinajstić information content (AvgIpc) is 2.97. The number of benzene rings is 3. The Hall–Kier alpha value is -3.36. The number of carbonyl (C=O) groups excluding carboxylic acids is 2. The van der Waals surface area contributed by atoms with Crippen molar-refractivity contribution in [2.24, 2.45) is 0 Å². The number of carbonyl (C=O) groups is 2. The first kappa shape index (κ1) is 32.6. The minimum absolute atomic E-state index is 0.0837. The lowest BCUT2D eigenvalue weighted by molar-refractivity contribution is -0.141. The molecule has 0 bridgehead atoms. The molecule has 0 spiro atoms. The molecule has 3 aromatic carbocycles. The minimum atomic E-state index is -3.56. The van der Waals surface area contributed by atoms with Gasteiger partial charge in [-0.2, -0.15) is 0 Å². The second-order valence-corrected chi connectivity index (χ2v) is 13.8. The summed E-state index contributed by atoms with van der Waals surface area (Å²) in [7, 11) is -3.56. The summed E-state index contributed by atoms with van der Waals surface area (Å²) >= 11 is 6.29. The molecule has 4 rings (SSSR count). The molecule has 1 atom stereocenters. The predicted molar refractivity (Wildman–Crippen MR) is 174 cm³/mol. The maximum atomic E-state index is 14.0. The summed E-state index contributed by atoms with van der Waals surface area (Å²) in [6, 6.07) is 23.7. The number of aryl methyl sites for hydroxylation is 1. The molecule has 0 radical (unpaired) electrons. The second kappa shape index (κ2) is 15.4. The van der Waals surface area contributed by atoms with Gasteiger partial charge in [0.1, 0.15) is 6.04 Å². The topological polar surface area (TPSA) is 86.8 Å². The van der Waals surface area contributed by atoms with Crippen LogP contribution in [-0.2, 0) is 32.6 Å². The summed E-state index contributed by atoms with van der Waals surface area (Å²) < 4.78 is 26.7. The van der Waals surface area contributed by atoms with E-state index in [4.69, 9.17) is 11.6 Å². The lowest BCUT2D eigenvalue weighted by atomic mass is 9.94. The lowest BCUT2D eigenvalue weighted by Crippen LogP contribution is -2.52. The zero-order valence-corrected chi connectivity index (χ0v) is 26.6. The van der Waals surface area contributed by atoms with Gasteiger partial charge in [0, 0.05) is 37.0 Å². The Balaban J connectivity index is 1.59. The summed E-state index contributed by atoms with van der Waals surface area (Å²) in [6.07, 6.45) is 7.13. The minimum Gasteiger partial charge on any atom is -0.352 e. The van der Waals surface area contributed by atoms with Gasteiger partial charge in [-0.15, -0.1) is 0 Å². The van der Waals surface area contributed by atoms with Crippen molar-refractivity contribution < 1.29 is 18.0 Å². The summed E-state index contributed by atoms with van der Waals surface area (Å²) in [5.41, 5.74) is 3.29. The highest BCUT2D eigenvalue weighted by Gasteiger charge is 2.32. The summed E-state index contributed by atoms with van der Waals surface area (Å²) in [4.78, 5) is 29.6. The molecule has 1 fully saturated rings. The number of hydrogen-bond donors (Lipinski definition) is 1. The highest BCUT2D eigenvalue weighted by Crippen LogP contribution is 2.23. The first-order valence-corrected chi connectivity index (χ1v) is 17.3. The predicted octanol–water partition coefficient (Wildman–Crippen LogP) is 6.28. The third-order valence-electron chi connectivity index (χ3n) is 7.91. The molecule has 43 heavy (non-hydrogen) atoms. The summed E-state index contributed by atoms with van der Waals surface area (Å²) in [6.45, 7) is 2.27. The third kappa shape index (κ3) is 9.83. The first-order valence-electron chi connectivity index (χ1n) is 15.0. The number of sulfonamides is 1. The van der Waals surface area contributed by atoms with Crippen molar-refractivity contribution in [3.05, 3.63) is 101 Å². The van der Waals surface area contributed by atoms with Crippen LogP contribution in [0.2, 0.25) is 5.02 Å². The van der Waals surface area contributed by atoms with E-state index in [2.05, 4.69) is 5.32 Å². The van der Waals surface area contributed by atoms with Gasteiger partial charge in [-0.3, -0.25) is 13.9 Å². The van der Waals surface area contributed by atoms with Gasteiger partial charge in [0.05, 0.1) is 11.9 Å². The molecule has 0 aromatic heterocycles. The largest absolute Gasteiger partial charge is 0.352 e. The van der Waals surface area contributed by atoms with Crippen LogP contribution in [0.3, 0.4) is 0 Å². The van der Waals surface area contributed by atoms with Crippen LogP contribution in [0, 0.1) is 6.92 Å².